The lowest BCUT2D eigenvalue weighted by Gasteiger charge is -2.54. The molecule has 5 unspecified atom stereocenters. The molecule has 0 heterocycles. The van der Waals surface area contributed by atoms with Gasteiger partial charge in [-0.15, -0.1) is 0 Å². The van der Waals surface area contributed by atoms with Gasteiger partial charge < -0.3 is 0 Å². The summed E-state index contributed by atoms with van der Waals surface area (Å²) < 4.78 is 0. The molecule has 176 valence electrons. The van der Waals surface area contributed by atoms with Crippen molar-refractivity contribution in [3.63, 3.8) is 0 Å². The van der Waals surface area contributed by atoms with Crippen molar-refractivity contribution in [2.45, 2.75) is 87.5 Å². The maximum atomic E-state index is 4.45. The molecule has 0 nitrogen and oxygen atoms in total. The zero-order valence-corrected chi connectivity index (χ0v) is 22.3. The number of hydrogen-bond donors (Lipinski definition) is 0. The molecule has 32 heavy (non-hydrogen) atoms. The number of allylic oxidation sites excluding steroid dienone is 9. The SMILES string of the molecule is C=C(C)C(C)(C)C.C=C1C=CC2(C)C3=CCC4(C)C(C(=C)CC)CCC4C3C[C@H](C)C2=C1. The van der Waals surface area contributed by atoms with Gasteiger partial charge in [0.1, 0.15) is 0 Å². The smallest absolute Gasteiger partial charge is 0.0284 e. The summed E-state index contributed by atoms with van der Waals surface area (Å²) in [6.45, 7) is 30.7. The standard InChI is InChI=1S/C25H34.C7H14/c1-7-17(3)20-8-9-21-19-15-18(4)23-14-16(2)10-12-25(23,6)22(19)11-13-24(20,21)5;1-6(2)7(3,4)5/h10-12,14,18-21H,2-3,7-9,13,15H2,1,4-6H3;1H2,2-5H3/t18-,19?,20?,21?,24?,25?;/m0./s1. The van der Waals surface area contributed by atoms with Gasteiger partial charge in [-0.25, -0.2) is 0 Å². The molecule has 0 saturated heterocycles. The van der Waals surface area contributed by atoms with Gasteiger partial charge >= 0.3 is 0 Å². The van der Waals surface area contributed by atoms with Crippen molar-refractivity contribution in [1.82, 2.24) is 0 Å². The van der Waals surface area contributed by atoms with Crippen LogP contribution in [0.25, 0.3) is 0 Å². The second kappa shape index (κ2) is 8.66. The highest BCUT2D eigenvalue weighted by molar-refractivity contribution is 5.51. The number of hydrogen-bond acceptors (Lipinski definition) is 0. The van der Waals surface area contributed by atoms with Crippen molar-refractivity contribution in [3.8, 4) is 0 Å². The average Bonchev–Trinajstić information content (AvgIpc) is 3.06. The number of fused-ring (bicyclic) bond motifs is 5. The minimum absolute atomic E-state index is 0.130. The van der Waals surface area contributed by atoms with Gasteiger partial charge in [-0.1, -0.05) is 108 Å². The van der Waals surface area contributed by atoms with Crippen molar-refractivity contribution < 1.29 is 0 Å². The Bertz CT molecular complexity index is 881. The second-order valence-electron chi connectivity index (χ2n) is 12.6. The highest BCUT2D eigenvalue weighted by Crippen LogP contribution is 2.65. The van der Waals surface area contributed by atoms with Gasteiger partial charge in [-0.2, -0.15) is 0 Å². The first-order chi connectivity index (χ1) is 14.8. The Balaban J connectivity index is 0.000000360. The Hall–Kier alpha value is -1.56. The molecule has 0 heteroatoms. The van der Waals surface area contributed by atoms with Crippen molar-refractivity contribution >= 4 is 0 Å². The summed E-state index contributed by atoms with van der Waals surface area (Å²) >= 11 is 0. The van der Waals surface area contributed by atoms with Gasteiger partial charge in [0.15, 0.2) is 0 Å². The summed E-state index contributed by atoms with van der Waals surface area (Å²) in [5.74, 6) is 2.97. The van der Waals surface area contributed by atoms with Crippen LogP contribution in [-0.4, -0.2) is 0 Å². The molecule has 4 rings (SSSR count). The Labute approximate surface area is 199 Å². The minimum atomic E-state index is 0.130. The van der Waals surface area contributed by atoms with Crippen LogP contribution in [0.3, 0.4) is 0 Å². The molecule has 0 aromatic carbocycles. The van der Waals surface area contributed by atoms with Gasteiger partial charge in [0.05, 0.1) is 0 Å². The first kappa shape index (κ1) is 25.1. The molecule has 2 fully saturated rings. The third-order valence-electron chi connectivity index (χ3n) is 9.59. The van der Waals surface area contributed by atoms with E-state index in [0.717, 1.165) is 24.2 Å². The predicted molar refractivity (Wildman–Crippen MR) is 142 cm³/mol. The molecule has 2 saturated carbocycles. The molecule has 0 aromatic rings. The van der Waals surface area contributed by atoms with Crippen LogP contribution in [0.1, 0.15) is 87.5 Å². The molecular formula is C32H48. The van der Waals surface area contributed by atoms with Gasteiger partial charge in [-0.3, -0.25) is 0 Å². The van der Waals surface area contributed by atoms with Crippen LogP contribution in [0.4, 0.5) is 0 Å². The van der Waals surface area contributed by atoms with Gasteiger partial charge in [0, 0.05) is 5.41 Å². The Morgan fingerprint density at radius 2 is 1.75 bits per heavy atom. The molecule has 0 aliphatic heterocycles. The fourth-order valence-electron chi connectivity index (χ4n) is 6.91. The molecule has 4 aliphatic rings. The Kier molecular flexibility index (Phi) is 6.78. The van der Waals surface area contributed by atoms with E-state index in [1.807, 2.05) is 0 Å². The fraction of sp³-hybridized carbons (Fsp3) is 0.625. The zero-order chi connectivity index (χ0) is 24.1. The van der Waals surface area contributed by atoms with E-state index in [1.165, 1.54) is 42.4 Å². The van der Waals surface area contributed by atoms with Crippen molar-refractivity contribution in [2.24, 2.45) is 39.9 Å². The lowest BCUT2D eigenvalue weighted by molar-refractivity contribution is 0.0944. The lowest BCUT2D eigenvalue weighted by atomic mass is 9.50. The van der Waals surface area contributed by atoms with E-state index in [1.54, 1.807) is 11.1 Å². The Morgan fingerprint density at radius 1 is 1.12 bits per heavy atom. The second-order valence-corrected chi connectivity index (χ2v) is 12.6. The fourth-order valence-corrected chi connectivity index (χ4v) is 6.91. The average molecular weight is 433 g/mol. The molecule has 0 spiro atoms. The molecule has 0 bridgehead atoms. The molecule has 6 atom stereocenters. The molecule has 0 radical (unpaired) electrons. The van der Waals surface area contributed by atoms with E-state index in [9.17, 15) is 0 Å². The van der Waals surface area contributed by atoms with E-state index in [0.29, 0.717) is 16.7 Å². The summed E-state index contributed by atoms with van der Waals surface area (Å²) in [5, 5.41) is 0. The number of rotatable bonds is 2. The quantitative estimate of drug-likeness (QED) is 0.381. The van der Waals surface area contributed by atoms with Crippen LogP contribution in [0.15, 0.2) is 71.9 Å². The van der Waals surface area contributed by atoms with Crippen LogP contribution in [0, 0.1) is 39.9 Å². The molecule has 0 N–H and O–H groups in total. The summed E-state index contributed by atoms with van der Waals surface area (Å²) in [6.07, 6.45) is 16.1. The van der Waals surface area contributed by atoms with E-state index in [2.05, 4.69) is 99.4 Å². The van der Waals surface area contributed by atoms with Crippen molar-refractivity contribution in [1.29, 1.82) is 0 Å². The third kappa shape index (κ3) is 4.20. The highest BCUT2D eigenvalue weighted by atomic mass is 14.6. The maximum absolute atomic E-state index is 4.45. The van der Waals surface area contributed by atoms with Crippen LogP contribution >= 0.6 is 0 Å². The van der Waals surface area contributed by atoms with Crippen molar-refractivity contribution in [3.05, 3.63) is 71.9 Å². The first-order valence-electron chi connectivity index (χ1n) is 12.9. The van der Waals surface area contributed by atoms with E-state index >= 15 is 0 Å². The monoisotopic (exact) mass is 432 g/mol. The third-order valence-corrected chi connectivity index (χ3v) is 9.59. The zero-order valence-electron chi connectivity index (χ0n) is 22.3. The van der Waals surface area contributed by atoms with Crippen LogP contribution in [0.2, 0.25) is 0 Å². The first-order valence-corrected chi connectivity index (χ1v) is 12.9. The summed E-state index contributed by atoms with van der Waals surface area (Å²) in [5.41, 5.74) is 8.08. The van der Waals surface area contributed by atoms with Gasteiger partial charge in [-0.05, 0) is 86.0 Å². The van der Waals surface area contributed by atoms with Crippen LogP contribution in [-0.2, 0) is 0 Å². The molecule has 0 aromatic heterocycles. The maximum Gasteiger partial charge on any atom is 0.0284 e. The largest absolute Gasteiger partial charge is 0.0996 e. The van der Waals surface area contributed by atoms with E-state index in [-0.39, 0.29) is 5.41 Å². The van der Waals surface area contributed by atoms with Crippen molar-refractivity contribution in [2.75, 3.05) is 0 Å². The predicted octanol–water partition coefficient (Wildman–Crippen LogP) is 9.64. The molecule has 0 amide bonds. The van der Waals surface area contributed by atoms with E-state index < -0.39 is 0 Å². The van der Waals surface area contributed by atoms with Gasteiger partial charge in [0.2, 0.25) is 0 Å². The molecule has 4 aliphatic carbocycles. The summed E-state index contributed by atoms with van der Waals surface area (Å²) in [6, 6.07) is 0. The van der Waals surface area contributed by atoms with Crippen LogP contribution < -0.4 is 0 Å². The van der Waals surface area contributed by atoms with Gasteiger partial charge in [0.25, 0.3) is 0 Å². The molecular weight excluding hydrogens is 384 g/mol. The normalized spacial score (nSPS) is 37.8. The lowest BCUT2D eigenvalue weighted by Crippen LogP contribution is -2.45. The van der Waals surface area contributed by atoms with E-state index in [4.69, 9.17) is 0 Å². The summed E-state index contributed by atoms with van der Waals surface area (Å²) in [7, 11) is 0. The minimum Gasteiger partial charge on any atom is -0.0996 e. The van der Waals surface area contributed by atoms with Crippen LogP contribution in [0.5, 0.6) is 0 Å². The Morgan fingerprint density at radius 3 is 2.31 bits per heavy atom. The topological polar surface area (TPSA) is 0 Å². The highest BCUT2D eigenvalue weighted by Gasteiger charge is 2.56. The summed E-state index contributed by atoms with van der Waals surface area (Å²) in [4.78, 5) is 0.